The van der Waals surface area contributed by atoms with Crippen molar-refractivity contribution < 1.29 is 0 Å². The molecular weight excluding hydrogens is 493 g/mol. The van der Waals surface area contributed by atoms with E-state index in [9.17, 15) is 0 Å². The Balaban J connectivity index is 2.34. The van der Waals surface area contributed by atoms with E-state index >= 15 is 0 Å². The number of thiophene rings is 1. The molecule has 0 saturated carbocycles. The summed E-state index contributed by atoms with van der Waals surface area (Å²) in [6.45, 7) is 3.06. The molecule has 2 heterocycles. The van der Waals surface area contributed by atoms with Crippen LogP contribution in [0, 0.1) is 3.57 Å². The molecule has 0 aromatic carbocycles. The van der Waals surface area contributed by atoms with E-state index < -0.39 is 0 Å². The van der Waals surface area contributed by atoms with Crippen LogP contribution in [0.4, 0.5) is 5.82 Å². The molecule has 0 spiro atoms. The van der Waals surface area contributed by atoms with Crippen LogP contribution in [0.15, 0.2) is 20.5 Å². The van der Waals surface area contributed by atoms with Crippen LogP contribution in [-0.2, 0) is 0 Å². The molecule has 0 amide bonds. The third-order valence-corrected chi connectivity index (χ3v) is 6.19. The molecule has 0 atom stereocenters. The SMILES string of the molecule is CCCNc1nc(-c2cc(Br)c(Br)s2)ncc1I. The summed E-state index contributed by atoms with van der Waals surface area (Å²) in [4.78, 5) is 10.0. The molecule has 0 radical (unpaired) electrons. The average molecular weight is 503 g/mol. The molecule has 2 aromatic heterocycles. The van der Waals surface area contributed by atoms with E-state index in [0.29, 0.717) is 0 Å². The molecule has 0 aliphatic carbocycles. The third-order valence-electron chi connectivity index (χ3n) is 2.15. The van der Waals surface area contributed by atoms with Gasteiger partial charge in [-0.25, -0.2) is 9.97 Å². The molecule has 3 nitrogen and oxygen atoms in total. The molecular formula is C11H10Br2IN3S. The van der Waals surface area contributed by atoms with E-state index in [2.05, 4.69) is 76.7 Å². The Bertz CT molecular complexity index is 540. The second kappa shape index (κ2) is 6.62. The Hall–Kier alpha value is 0.270. The van der Waals surface area contributed by atoms with Crippen molar-refractivity contribution in [1.29, 1.82) is 0 Å². The van der Waals surface area contributed by atoms with Crippen LogP contribution < -0.4 is 5.32 Å². The average Bonchev–Trinajstić information content (AvgIpc) is 2.69. The molecule has 0 saturated heterocycles. The largest absolute Gasteiger partial charge is 0.369 e. The van der Waals surface area contributed by atoms with Crippen LogP contribution >= 0.6 is 65.8 Å². The van der Waals surface area contributed by atoms with Crippen molar-refractivity contribution >= 4 is 71.6 Å². The fraction of sp³-hybridized carbons (Fsp3) is 0.273. The van der Waals surface area contributed by atoms with E-state index in [0.717, 1.165) is 41.3 Å². The third kappa shape index (κ3) is 3.43. The normalized spacial score (nSPS) is 10.7. The number of nitrogens with one attached hydrogen (secondary N) is 1. The van der Waals surface area contributed by atoms with Gasteiger partial charge in [0.1, 0.15) is 5.82 Å². The molecule has 0 fully saturated rings. The van der Waals surface area contributed by atoms with Gasteiger partial charge in [-0.1, -0.05) is 6.92 Å². The van der Waals surface area contributed by atoms with E-state index in [4.69, 9.17) is 0 Å². The first kappa shape index (κ1) is 14.7. The van der Waals surface area contributed by atoms with Gasteiger partial charge in [-0.2, -0.15) is 0 Å². The molecule has 0 unspecified atom stereocenters. The molecule has 2 aromatic rings. The summed E-state index contributed by atoms with van der Waals surface area (Å²) in [6.07, 6.45) is 2.92. The highest BCUT2D eigenvalue weighted by Gasteiger charge is 2.11. The van der Waals surface area contributed by atoms with Gasteiger partial charge in [0.25, 0.3) is 0 Å². The van der Waals surface area contributed by atoms with Gasteiger partial charge >= 0.3 is 0 Å². The van der Waals surface area contributed by atoms with Gasteiger partial charge in [-0.3, -0.25) is 0 Å². The zero-order valence-corrected chi connectivity index (χ0v) is 15.7. The number of rotatable bonds is 4. The van der Waals surface area contributed by atoms with Gasteiger partial charge < -0.3 is 5.32 Å². The monoisotopic (exact) mass is 501 g/mol. The fourth-order valence-electron chi connectivity index (χ4n) is 1.31. The summed E-state index contributed by atoms with van der Waals surface area (Å²) in [7, 11) is 0. The quantitative estimate of drug-likeness (QED) is 0.587. The zero-order chi connectivity index (χ0) is 13.1. The number of anilines is 1. The summed E-state index contributed by atoms with van der Waals surface area (Å²) in [6, 6.07) is 2.03. The van der Waals surface area contributed by atoms with Crippen molar-refractivity contribution in [2.45, 2.75) is 13.3 Å². The highest BCUT2D eigenvalue weighted by Crippen LogP contribution is 2.37. The van der Waals surface area contributed by atoms with Crippen LogP contribution in [0.5, 0.6) is 0 Å². The number of nitrogens with zero attached hydrogens (tertiary/aromatic N) is 2. The van der Waals surface area contributed by atoms with Crippen LogP contribution in [0.25, 0.3) is 10.7 Å². The van der Waals surface area contributed by atoms with Gasteiger partial charge in [-0.15, -0.1) is 11.3 Å². The highest BCUT2D eigenvalue weighted by atomic mass is 127. The van der Waals surface area contributed by atoms with Crippen LogP contribution in [0.3, 0.4) is 0 Å². The van der Waals surface area contributed by atoms with Crippen LogP contribution in [-0.4, -0.2) is 16.5 Å². The van der Waals surface area contributed by atoms with Crippen molar-refractivity contribution in [3.05, 3.63) is 24.1 Å². The second-order valence-electron chi connectivity index (χ2n) is 3.55. The minimum atomic E-state index is 0.755. The van der Waals surface area contributed by atoms with Crippen molar-refractivity contribution in [2.24, 2.45) is 0 Å². The Morgan fingerprint density at radius 1 is 1.44 bits per heavy atom. The maximum Gasteiger partial charge on any atom is 0.171 e. The zero-order valence-electron chi connectivity index (χ0n) is 9.51. The molecule has 1 N–H and O–H groups in total. The first-order valence-corrected chi connectivity index (χ1v) is 8.81. The summed E-state index contributed by atoms with van der Waals surface area (Å²) in [5, 5.41) is 3.32. The van der Waals surface area contributed by atoms with Crippen molar-refractivity contribution in [3.8, 4) is 10.7 Å². The first-order valence-electron chi connectivity index (χ1n) is 5.33. The summed E-state index contributed by atoms with van der Waals surface area (Å²) in [5.41, 5.74) is 0. The number of halogens is 3. The van der Waals surface area contributed by atoms with E-state index in [1.54, 1.807) is 11.3 Å². The van der Waals surface area contributed by atoms with Gasteiger partial charge in [0.2, 0.25) is 0 Å². The van der Waals surface area contributed by atoms with Gasteiger partial charge in [-0.05, 0) is 66.9 Å². The molecule has 0 aliphatic heterocycles. The molecule has 18 heavy (non-hydrogen) atoms. The van der Waals surface area contributed by atoms with Crippen LogP contribution in [0.1, 0.15) is 13.3 Å². The summed E-state index contributed by atoms with van der Waals surface area (Å²) in [5.74, 6) is 1.66. The Morgan fingerprint density at radius 2 is 2.22 bits per heavy atom. The Morgan fingerprint density at radius 3 is 2.83 bits per heavy atom. The predicted molar refractivity (Wildman–Crippen MR) is 92.2 cm³/mol. The second-order valence-corrected chi connectivity index (χ2v) is 7.94. The van der Waals surface area contributed by atoms with E-state index in [1.165, 1.54) is 0 Å². The van der Waals surface area contributed by atoms with E-state index in [1.807, 2.05) is 12.3 Å². The van der Waals surface area contributed by atoms with Crippen molar-refractivity contribution in [3.63, 3.8) is 0 Å². The maximum absolute atomic E-state index is 4.57. The number of hydrogen-bond acceptors (Lipinski definition) is 4. The Labute approximate surface area is 140 Å². The van der Waals surface area contributed by atoms with Gasteiger partial charge in [0.15, 0.2) is 5.82 Å². The van der Waals surface area contributed by atoms with Gasteiger partial charge in [0.05, 0.1) is 12.2 Å². The lowest BCUT2D eigenvalue weighted by molar-refractivity contribution is 0.963. The molecule has 0 aliphatic rings. The molecule has 0 bridgehead atoms. The number of hydrogen-bond donors (Lipinski definition) is 1. The summed E-state index contributed by atoms with van der Waals surface area (Å²) >= 11 is 10.8. The molecule has 7 heteroatoms. The first-order chi connectivity index (χ1) is 8.61. The smallest absolute Gasteiger partial charge is 0.171 e. The lowest BCUT2D eigenvalue weighted by atomic mass is 10.4. The lowest BCUT2D eigenvalue weighted by Crippen LogP contribution is -2.05. The minimum Gasteiger partial charge on any atom is -0.369 e. The van der Waals surface area contributed by atoms with Crippen molar-refractivity contribution in [1.82, 2.24) is 9.97 Å². The molecule has 96 valence electrons. The summed E-state index contributed by atoms with van der Waals surface area (Å²) < 4.78 is 3.13. The maximum atomic E-state index is 4.57. The standard InChI is InChI=1S/C11H10Br2IN3S/c1-2-3-15-10-7(14)5-16-11(17-10)8-4-6(12)9(13)18-8/h4-5H,2-3H2,1H3,(H,15,16,17). The highest BCUT2D eigenvalue weighted by molar-refractivity contribution is 14.1. The van der Waals surface area contributed by atoms with Crippen LogP contribution in [0.2, 0.25) is 0 Å². The Kier molecular flexibility index (Phi) is 5.40. The lowest BCUT2D eigenvalue weighted by Gasteiger charge is -2.07. The van der Waals surface area contributed by atoms with E-state index in [-0.39, 0.29) is 0 Å². The van der Waals surface area contributed by atoms with Crippen molar-refractivity contribution in [2.75, 3.05) is 11.9 Å². The minimum absolute atomic E-state index is 0.755. The predicted octanol–water partition coefficient (Wildman–Crippen LogP) is 5.16. The topological polar surface area (TPSA) is 37.8 Å². The molecule has 2 rings (SSSR count). The fourth-order valence-corrected chi connectivity index (χ4v) is 3.74. The van der Waals surface area contributed by atoms with Gasteiger partial charge in [0, 0.05) is 17.2 Å². The number of aromatic nitrogens is 2.